The van der Waals surface area contributed by atoms with Crippen molar-refractivity contribution in [1.82, 2.24) is 24.5 Å². The third kappa shape index (κ3) is 3.97. The molecular formula is C21H22ClN5O3. The number of halogens is 1. The molecule has 1 fully saturated rings. The first-order chi connectivity index (χ1) is 14.6. The zero-order chi connectivity index (χ0) is 21.1. The number of pyridine rings is 1. The van der Waals surface area contributed by atoms with E-state index in [2.05, 4.69) is 38.7 Å². The largest absolute Gasteiger partial charge is 0.481 e. The Bertz CT molecular complexity index is 1120. The number of fused-ring (bicyclic) bond motifs is 1. The Morgan fingerprint density at radius 1 is 1.30 bits per heavy atom. The van der Waals surface area contributed by atoms with Crippen molar-refractivity contribution in [2.45, 2.75) is 44.9 Å². The first-order valence-corrected chi connectivity index (χ1v) is 10.3. The van der Waals surface area contributed by atoms with Crippen LogP contribution in [0, 0.1) is 11.8 Å². The highest BCUT2D eigenvalue weighted by molar-refractivity contribution is 6.33. The molecule has 9 heteroatoms. The van der Waals surface area contributed by atoms with E-state index in [-0.39, 0.29) is 5.15 Å². The van der Waals surface area contributed by atoms with Crippen LogP contribution < -0.4 is 4.74 Å². The summed E-state index contributed by atoms with van der Waals surface area (Å²) in [5, 5.41) is 10.7. The highest BCUT2D eigenvalue weighted by Gasteiger charge is 2.33. The fourth-order valence-electron chi connectivity index (χ4n) is 3.29. The second-order valence-corrected chi connectivity index (χ2v) is 7.26. The monoisotopic (exact) mass is 427 g/mol. The molecule has 0 spiro atoms. The van der Waals surface area contributed by atoms with Crippen LogP contribution in [0.25, 0.3) is 22.7 Å². The molecule has 3 aromatic heterocycles. The number of hydrogen-bond acceptors (Lipinski definition) is 7. The number of imidazole rings is 1. The molecule has 1 saturated heterocycles. The van der Waals surface area contributed by atoms with Gasteiger partial charge in [-0.2, -0.15) is 0 Å². The SMILES string of the molecule is CCCCC#Cc1nc(Cl)c2nc(-c3cccc(OC)n3)n([C@@H]3OCC[C@H]3O)c2n1. The first-order valence-electron chi connectivity index (χ1n) is 9.87. The molecular weight excluding hydrogens is 406 g/mol. The molecule has 0 bridgehead atoms. The summed E-state index contributed by atoms with van der Waals surface area (Å²) < 4.78 is 12.8. The molecule has 2 atom stereocenters. The predicted octanol–water partition coefficient (Wildman–Crippen LogP) is 3.37. The average molecular weight is 428 g/mol. The summed E-state index contributed by atoms with van der Waals surface area (Å²) in [7, 11) is 1.55. The van der Waals surface area contributed by atoms with E-state index in [0.717, 1.165) is 19.3 Å². The number of aliphatic hydroxyl groups excluding tert-OH is 1. The summed E-state index contributed by atoms with van der Waals surface area (Å²) in [6.45, 7) is 2.54. The van der Waals surface area contributed by atoms with E-state index >= 15 is 0 Å². The van der Waals surface area contributed by atoms with E-state index in [1.165, 1.54) is 0 Å². The van der Waals surface area contributed by atoms with Crippen molar-refractivity contribution in [3.8, 4) is 29.2 Å². The Balaban J connectivity index is 1.90. The van der Waals surface area contributed by atoms with Crippen molar-refractivity contribution in [2.75, 3.05) is 13.7 Å². The van der Waals surface area contributed by atoms with Crippen molar-refractivity contribution in [3.05, 3.63) is 29.2 Å². The van der Waals surface area contributed by atoms with E-state index in [9.17, 15) is 5.11 Å². The van der Waals surface area contributed by atoms with Gasteiger partial charge in [0.05, 0.1) is 13.7 Å². The molecule has 1 N–H and O–H groups in total. The number of ether oxygens (including phenoxy) is 2. The van der Waals surface area contributed by atoms with Gasteiger partial charge in [-0.05, 0) is 18.4 Å². The molecule has 0 amide bonds. The lowest BCUT2D eigenvalue weighted by molar-refractivity contribution is -0.00520. The molecule has 0 radical (unpaired) electrons. The number of nitrogens with zero attached hydrogens (tertiary/aromatic N) is 5. The van der Waals surface area contributed by atoms with Crippen molar-refractivity contribution < 1.29 is 14.6 Å². The van der Waals surface area contributed by atoms with Gasteiger partial charge < -0.3 is 14.6 Å². The Morgan fingerprint density at radius 2 is 2.17 bits per heavy atom. The average Bonchev–Trinajstić information content (AvgIpc) is 3.34. The van der Waals surface area contributed by atoms with Gasteiger partial charge in [0.15, 0.2) is 22.9 Å². The third-order valence-corrected chi connectivity index (χ3v) is 5.06. The van der Waals surface area contributed by atoms with Gasteiger partial charge in [-0.15, -0.1) is 0 Å². The van der Waals surface area contributed by atoms with Crippen molar-refractivity contribution >= 4 is 22.8 Å². The van der Waals surface area contributed by atoms with Crippen LogP contribution in [0.2, 0.25) is 5.15 Å². The zero-order valence-corrected chi connectivity index (χ0v) is 17.6. The molecule has 1 aliphatic heterocycles. The van der Waals surface area contributed by atoms with E-state index in [1.54, 1.807) is 23.8 Å². The summed E-state index contributed by atoms with van der Waals surface area (Å²) in [5.41, 5.74) is 1.39. The summed E-state index contributed by atoms with van der Waals surface area (Å²) >= 11 is 6.43. The van der Waals surface area contributed by atoms with E-state index in [4.69, 9.17) is 21.1 Å². The molecule has 1 aliphatic rings. The number of hydrogen-bond donors (Lipinski definition) is 1. The topological polar surface area (TPSA) is 95.2 Å². The van der Waals surface area contributed by atoms with Crippen LogP contribution in [0.4, 0.5) is 0 Å². The van der Waals surface area contributed by atoms with Crippen molar-refractivity contribution in [3.63, 3.8) is 0 Å². The minimum atomic E-state index is -0.709. The van der Waals surface area contributed by atoms with Crippen LogP contribution in [-0.2, 0) is 4.74 Å². The molecule has 4 rings (SSSR count). The number of unbranched alkanes of at least 4 members (excludes halogenated alkanes) is 2. The van der Waals surface area contributed by atoms with Gasteiger partial charge in [0.25, 0.3) is 0 Å². The Kier molecular flexibility index (Phi) is 6.13. The lowest BCUT2D eigenvalue weighted by atomic mass is 10.2. The van der Waals surface area contributed by atoms with E-state index < -0.39 is 12.3 Å². The maximum atomic E-state index is 10.5. The Morgan fingerprint density at radius 3 is 2.90 bits per heavy atom. The van der Waals surface area contributed by atoms with Gasteiger partial charge in [-0.3, -0.25) is 4.57 Å². The molecule has 0 aromatic carbocycles. The summed E-state index contributed by atoms with van der Waals surface area (Å²) in [4.78, 5) is 18.0. The number of rotatable bonds is 5. The minimum Gasteiger partial charge on any atom is -0.481 e. The first kappa shape index (κ1) is 20.5. The summed E-state index contributed by atoms with van der Waals surface area (Å²) in [6.07, 6.45) is 1.98. The maximum absolute atomic E-state index is 10.5. The summed E-state index contributed by atoms with van der Waals surface area (Å²) in [6, 6.07) is 5.36. The van der Waals surface area contributed by atoms with Crippen molar-refractivity contribution in [1.29, 1.82) is 0 Å². The lowest BCUT2D eigenvalue weighted by Crippen LogP contribution is -2.21. The maximum Gasteiger partial charge on any atom is 0.213 e. The van der Waals surface area contributed by atoms with Crippen LogP contribution in [0.1, 0.15) is 44.7 Å². The van der Waals surface area contributed by atoms with Crippen LogP contribution in [0.3, 0.4) is 0 Å². The molecule has 156 valence electrons. The molecule has 3 aromatic rings. The van der Waals surface area contributed by atoms with Gasteiger partial charge in [0, 0.05) is 18.9 Å². The molecule has 0 saturated carbocycles. The molecule has 8 nitrogen and oxygen atoms in total. The normalized spacial score (nSPS) is 18.4. The second-order valence-electron chi connectivity index (χ2n) is 6.90. The Labute approximate surface area is 179 Å². The highest BCUT2D eigenvalue weighted by atomic mass is 35.5. The quantitative estimate of drug-likeness (QED) is 0.379. The van der Waals surface area contributed by atoms with Crippen LogP contribution in [0.15, 0.2) is 18.2 Å². The Hall–Kier alpha value is -2.73. The fraction of sp³-hybridized carbons (Fsp3) is 0.429. The van der Waals surface area contributed by atoms with E-state index in [1.807, 2.05) is 6.07 Å². The third-order valence-electron chi connectivity index (χ3n) is 4.80. The van der Waals surface area contributed by atoms with Crippen LogP contribution in [0.5, 0.6) is 5.88 Å². The smallest absolute Gasteiger partial charge is 0.213 e. The molecule has 30 heavy (non-hydrogen) atoms. The number of aliphatic hydroxyl groups is 1. The molecule has 4 heterocycles. The van der Waals surface area contributed by atoms with Gasteiger partial charge in [-0.1, -0.05) is 36.9 Å². The van der Waals surface area contributed by atoms with Gasteiger partial charge in [0.2, 0.25) is 11.7 Å². The van der Waals surface area contributed by atoms with Gasteiger partial charge in [-0.25, -0.2) is 19.9 Å². The van der Waals surface area contributed by atoms with Crippen LogP contribution >= 0.6 is 11.6 Å². The molecule has 0 aliphatic carbocycles. The summed E-state index contributed by atoms with van der Waals surface area (Å²) in [5.74, 6) is 7.26. The lowest BCUT2D eigenvalue weighted by Gasteiger charge is -2.18. The highest BCUT2D eigenvalue weighted by Crippen LogP contribution is 2.34. The second kappa shape index (κ2) is 8.96. The fourth-order valence-corrected chi connectivity index (χ4v) is 3.49. The van der Waals surface area contributed by atoms with Gasteiger partial charge in [0.1, 0.15) is 17.3 Å². The van der Waals surface area contributed by atoms with E-state index in [0.29, 0.717) is 47.4 Å². The number of aromatic nitrogens is 5. The molecule has 0 unspecified atom stereocenters. The predicted molar refractivity (Wildman–Crippen MR) is 112 cm³/mol. The minimum absolute atomic E-state index is 0.190. The van der Waals surface area contributed by atoms with Crippen molar-refractivity contribution in [2.24, 2.45) is 0 Å². The zero-order valence-electron chi connectivity index (χ0n) is 16.8. The van der Waals surface area contributed by atoms with Gasteiger partial charge >= 0.3 is 0 Å². The van der Waals surface area contributed by atoms with Crippen LogP contribution in [-0.4, -0.2) is 49.4 Å². The standard InChI is InChI=1S/C21H22ClN5O3/c1-3-4-5-6-9-15-24-18(22)17-20(25-15)27(21-14(28)11-12-30-21)19(26-17)13-8-7-10-16(23-13)29-2/h7-8,10,14,21,28H,3-5,11-12H2,1-2H3/t14-,21-/m1/s1. The number of methoxy groups -OCH3 is 1.